The van der Waals surface area contributed by atoms with Crippen LogP contribution in [0.4, 0.5) is 5.69 Å². The molecule has 0 aliphatic heterocycles. The van der Waals surface area contributed by atoms with Gasteiger partial charge in [0.05, 0.1) is 11.1 Å². The van der Waals surface area contributed by atoms with Crippen LogP contribution in [-0.2, 0) is 25.3 Å². The molecule has 0 saturated heterocycles. The number of unbranched alkanes of at least 4 members (excludes halogenated alkanes) is 1. The zero-order valence-electron chi connectivity index (χ0n) is 18.6. The molecule has 0 spiro atoms. The summed E-state index contributed by atoms with van der Waals surface area (Å²) in [6.07, 6.45) is 4.43. The van der Waals surface area contributed by atoms with Crippen molar-refractivity contribution in [2.24, 2.45) is 14.1 Å². The summed E-state index contributed by atoms with van der Waals surface area (Å²) in [5.41, 5.74) is 3.38. The van der Waals surface area contributed by atoms with Gasteiger partial charge in [-0.15, -0.1) is 11.8 Å². The Labute approximate surface area is 185 Å². The molecule has 0 fully saturated rings. The molecule has 0 aliphatic carbocycles. The lowest BCUT2D eigenvalue weighted by atomic mass is 10.1. The van der Waals surface area contributed by atoms with Gasteiger partial charge in [-0.3, -0.25) is 18.7 Å². The molecule has 2 aromatic heterocycles. The van der Waals surface area contributed by atoms with Crippen LogP contribution in [0.2, 0.25) is 0 Å². The van der Waals surface area contributed by atoms with E-state index in [-0.39, 0.29) is 17.2 Å². The number of aromatic nitrogens is 3. The lowest BCUT2D eigenvalue weighted by Gasteiger charge is -2.15. The summed E-state index contributed by atoms with van der Waals surface area (Å²) in [6.45, 7) is 6.08. The quantitative estimate of drug-likeness (QED) is 0.570. The number of pyridine rings is 1. The van der Waals surface area contributed by atoms with E-state index in [0.29, 0.717) is 11.0 Å². The van der Waals surface area contributed by atoms with Crippen molar-refractivity contribution < 1.29 is 4.79 Å². The minimum atomic E-state index is -0.421. The van der Waals surface area contributed by atoms with Gasteiger partial charge < -0.3 is 5.32 Å². The standard InChI is InChI=1S/C23H28N4O3S/c1-6-7-10-16-12-24-21-19(22(29)27(5)23(30)26(21)4)20(16)31-13-18(28)25-17-11-8-9-14(2)15(17)3/h8-9,11-12H,6-7,10,13H2,1-5H3,(H,25,28). The van der Waals surface area contributed by atoms with Crippen molar-refractivity contribution >= 4 is 34.4 Å². The minimum Gasteiger partial charge on any atom is -0.325 e. The Morgan fingerprint density at radius 3 is 2.61 bits per heavy atom. The highest BCUT2D eigenvalue weighted by atomic mass is 32.2. The van der Waals surface area contributed by atoms with Gasteiger partial charge in [-0.2, -0.15) is 0 Å². The van der Waals surface area contributed by atoms with Gasteiger partial charge in [0.25, 0.3) is 5.56 Å². The number of nitrogens with zero attached hydrogens (tertiary/aromatic N) is 3. The van der Waals surface area contributed by atoms with Crippen LogP contribution >= 0.6 is 11.8 Å². The van der Waals surface area contributed by atoms with Crippen LogP contribution in [0.25, 0.3) is 11.0 Å². The summed E-state index contributed by atoms with van der Waals surface area (Å²) in [7, 11) is 3.06. The maximum atomic E-state index is 13.0. The van der Waals surface area contributed by atoms with Crippen LogP contribution in [0.3, 0.4) is 0 Å². The van der Waals surface area contributed by atoms with Crippen molar-refractivity contribution in [2.75, 3.05) is 11.1 Å². The topological polar surface area (TPSA) is 86.0 Å². The molecule has 31 heavy (non-hydrogen) atoms. The first-order valence-electron chi connectivity index (χ1n) is 10.3. The van der Waals surface area contributed by atoms with Crippen LogP contribution in [-0.4, -0.2) is 25.8 Å². The van der Waals surface area contributed by atoms with Gasteiger partial charge in [0, 0.05) is 30.9 Å². The SMILES string of the molecule is CCCCc1cnc2c(c1SCC(=O)Nc1cccc(C)c1C)c(=O)n(C)c(=O)n2C. The number of anilines is 1. The molecule has 164 valence electrons. The number of fused-ring (bicyclic) bond motifs is 1. The lowest BCUT2D eigenvalue weighted by Crippen LogP contribution is -2.37. The number of amides is 1. The zero-order valence-corrected chi connectivity index (χ0v) is 19.4. The number of hydrogen-bond donors (Lipinski definition) is 1. The van der Waals surface area contributed by atoms with E-state index in [9.17, 15) is 14.4 Å². The number of nitrogens with one attached hydrogen (secondary N) is 1. The summed E-state index contributed by atoms with van der Waals surface area (Å²) < 4.78 is 2.47. The van der Waals surface area contributed by atoms with E-state index < -0.39 is 5.69 Å². The summed E-state index contributed by atoms with van der Waals surface area (Å²) >= 11 is 1.32. The monoisotopic (exact) mass is 440 g/mol. The zero-order chi connectivity index (χ0) is 22.7. The normalized spacial score (nSPS) is 11.1. The highest BCUT2D eigenvalue weighted by Crippen LogP contribution is 2.29. The van der Waals surface area contributed by atoms with Crippen LogP contribution in [0, 0.1) is 13.8 Å². The third-order valence-corrected chi connectivity index (χ3v) is 6.68. The summed E-state index contributed by atoms with van der Waals surface area (Å²) in [5.74, 6) is 0.00388. The van der Waals surface area contributed by atoms with E-state index in [1.807, 2.05) is 32.0 Å². The highest BCUT2D eigenvalue weighted by molar-refractivity contribution is 8.00. The number of thioether (sulfide) groups is 1. The van der Waals surface area contributed by atoms with Crippen LogP contribution in [0.5, 0.6) is 0 Å². The minimum absolute atomic E-state index is 0.147. The molecule has 0 saturated carbocycles. The second-order valence-corrected chi connectivity index (χ2v) is 8.69. The Kier molecular flexibility index (Phi) is 7.00. The Bertz CT molecular complexity index is 1260. The van der Waals surface area contributed by atoms with Gasteiger partial charge in [0.2, 0.25) is 5.91 Å². The third kappa shape index (κ3) is 4.58. The van der Waals surface area contributed by atoms with Crippen molar-refractivity contribution in [3.05, 3.63) is 61.9 Å². The molecule has 0 bridgehead atoms. The predicted octanol–water partition coefficient (Wildman–Crippen LogP) is 3.32. The van der Waals surface area contributed by atoms with E-state index in [4.69, 9.17) is 0 Å². The second kappa shape index (κ2) is 9.51. The summed E-state index contributed by atoms with van der Waals surface area (Å²) in [4.78, 5) is 43.1. The van der Waals surface area contributed by atoms with Crippen molar-refractivity contribution in [3.8, 4) is 0 Å². The first-order chi connectivity index (χ1) is 14.8. The first-order valence-corrected chi connectivity index (χ1v) is 11.3. The summed E-state index contributed by atoms with van der Waals surface area (Å²) in [6, 6.07) is 5.79. The Morgan fingerprint density at radius 2 is 1.90 bits per heavy atom. The van der Waals surface area contributed by atoms with E-state index in [0.717, 1.165) is 51.1 Å². The molecule has 0 unspecified atom stereocenters. The van der Waals surface area contributed by atoms with Gasteiger partial charge in [-0.05, 0) is 49.4 Å². The van der Waals surface area contributed by atoms with Gasteiger partial charge in [0.15, 0.2) is 0 Å². The second-order valence-electron chi connectivity index (χ2n) is 7.70. The van der Waals surface area contributed by atoms with Gasteiger partial charge in [0.1, 0.15) is 5.65 Å². The van der Waals surface area contributed by atoms with Crippen molar-refractivity contribution in [1.29, 1.82) is 0 Å². The van der Waals surface area contributed by atoms with Crippen molar-refractivity contribution in [1.82, 2.24) is 14.1 Å². The molecular weight excluding hydrogens is 412 g/mol. The fourth-order valence-electron chi connectivity index (χ4n) is 3.46. The Morgan fingerprint density at radius 1 is 1.16 bits per heavy atom. The maximum absolute atomic E-state index is 13.0. The number of benzene rings is 1. The molecule has 1 N–H and O–H groups in total. The molecule has 7 nitrogen and oxygen atoms in total. The van der Waals surface area contributed by atoms with Crippen molar-refractivity contribution in [2.45, 2.75) is 44.9 Å². The number of carbonyl (C=O) groups excluding carboxylic acids is 1. The Balaban J connectivity index is 1.99. The van der Waals surface area contributed by atoms with Gasteiger partial charge >= 0.3 is 5.69 Å². The van der Waals surface area contributed by atoms with E-state index >= 15 is 0 Å². The fourth-order valence-corrected chi connectivity index (χ4v) is 4.47. The first kappa shape index (κ1) is 22.8. The molecule has 3 rings (SSSR count). The number of carbonyl (C=O) groups is 1. The Hall–Kier alpha value is -2.87. The number of rotatable bonds is 7. The average Bonchev–Trinajstić information content (AvgIpc) is 2.76. The van der Waals surface area contributed by atoms with E-state index in [2.05, 4.69) is 17.2 Å². The molecule has 3 aromatic rings. The highest BCUT2D eigenvalue weighted by Gasteiger charge is 2.18. The molecule has 2 heterocycles. The van der Waals surface area contributed by atoms with E-state index in [1.54, 1.807) is 13.2 Å². The lowest BCUT2D eigenvalue weighted by molar-refractivity contribution is -0.113. The summed E-state index contributed by atoms with van der Waals surface area (Å²) in [5, 5.41) is 3.36. The van der Waals surface area contributed by atoms with Gasteiger partial charge in [-0.1, -0.05) is 25.5 Å². The third-order valence-electron chi connectivity index (χ3n) is 5.52. The fraction of sp³-hybridized carbons (Fsp3) is 0.391. The van der Waals surface area contributed by atoms with Crippen molar-refractivity contribution in [3.63, 3.8) is 0 Å². The maximum Gasteiger partial charge on any atom is 0.332 e. The largest absolute Gasteiger partial charge is 0.332 e. The number of hydrogen-bond acceptors (Lipinski definition) is 5. The predicted molar refractivity (Wildman–Crippen MR) is 126 cm³/mol. The van der Waals surface area contributed by atoms with Crippen LogP contribution < -0.4 is 16.6 Å². The number of aryl methyl sites for hydroxylation is 3. The molecule has 0 atom stereocenters. The molecule has 0 aliphatic rings. The molecule has 1 aromatic carbocycles. The van der Waals surface area contributed by atoms with Gasteiger partial charge in [-0.25, -0.2) is 9.78 Å². The smallest absolute Gasteiger partial charge is 0.325 e. The molecular formula is C23H28N4O3S. The van der Waals surface area contributed by atoms with Crippen LogP contribution in [0.15, 0.2) is 38.9 Å². The molecule has 8 heteroatoms. The van der Waals surface area contributed by atoms with Crippen LogP contribution in [0.1, 0.15) is 36.5 Å². The average molecular weight is 441 g/mol. The van der Waals surface area contributed by atoms with E-state index in [1.165, 1.54) is 23.4 Å². The molecule has 1 amide bonds. The molecule has 0 radical (unpaired) electrons.